The van der Waals surface area contributed by atoms with Crippen LogP contribution in [0.2, 0.25) is 0 Å². The number of anilines is 1. The molecule has 0 atom stereocenters. The van der Waals surface area contributed by atoms with Gasteiger partial charge in [0.1, 0.15) is 0 Å². The first-order chi connectivity index (χ1) is 7.24. The molecule has 0 aromatic carbocycles. The number of aryl methyl sites for hydroxylation is 1. The number of hydrogen-bond donors (Lipinski definition) is 1. The van der Waals surface area contributed by atoms with Crippen molar-refractivity contribution >= 4 is 5.95 Å². The van der Waals surface area contributed by atoms with Crippen LogP contribution in [0.1, 0.15) is 31.6 Å². The van der Waals surface area contributed by atoms with Crippen molar-refractivity contribution in [2.75, 3.05) is 25.5 Å². The smallest absolute Gasteiger partial charge is 0.265 e. The summed E-state index contributed by atoms with van der Waals surface area (Å²) >= 11 is 0. The summed E-state index contributed by atoms with van der Waals surface area (Å²) in [4.78, 5) is 6.09. The van der Waals surface area contributed by atoms with Crippen molar-refractivity contribution in [3.8, 4) is 0 Å². The minimum atomic E-state index is 0.645. The summed E-state index contributed by atoms with van der Waals surface area (Å²) in [5.41, 5.74) is 5.41. The van der Waals surface area contributed by atoms with Gasteiger partial charge in [-0.3, -0.25) is 0 Å². The van der Waals surface area contributed by atoms with E-state index in [9.17, 15) is 0 Å². The highest BCUT2D eigenvalue weighted by molar-refractivity contribution is 5.23. The molecule has 15 heavy (non-hydrogen) atoms. The van der Waals surface area contributed by atoms with E-state index < -0.39 is 0 Å². The molecule has 1 aromatic rings. The second-order valence-corrected chi connectivity index (χ2v) is 3.84. The van der Waals surface area contributed by atoms with Gasteiger partial charge in [0.25, 0.3) is 5.95 Å². The van der Waals surface area contributed by atoms with E-state index in [0.29, 0.717) is 5.95 Å². The molecule has 2 N–H and O–H groups in total. The van der Waals surface area contributed by atoms with Gasteiger partial charge in [-0.2, -0.15) is 4.98 Å². The summed E-state index contributed by atoms with van der Waals surface area (Å²) in [5.74, 6) is 1.37. The molecule has 86 valence electrons. The summed E-state index contributed by atoms with van der Waals surface area (Å²) in [6, 6.07) is 0. The van der Waals surface area contributed by atoms with Crippen LogP contribution in [0.4, 0.5) is 5.95 Å². The third-order valence-electron chi connectivity index (χ3n) is 2.20. The Morgan fingerprint density at radius 1 is 1.20 bits per heavy atom. The lowest BCUT2D eigenvalue weighted by molar-refractivity contribution is 0.373. The van der Waals surface area contributed by atoms with Crippen LogP contribution in [0.15, 0.2) is 4.52 Å². The lowest BCUT2D eigenvalue weighted by Crippen LogP contribution is -2.10. The number of hydrogen-bond acceptors (Lipinski definition) is 5. The predicted molar refractivity (Wildman–Crippen MR) is 59.9 cm³/mol. The van der Waals surface area contributed by atoms with E-state index >= 15 is 0 Å². The van der Waals surface area contributed by atoms with Gasteiger partial charge in [-0.15, -0.1) is 0 Å². The van der Waals surface area contributed by atoms with Gasteiger partial charge in [0.2, 0.25) is 5.89 Å². The van der Waals surface area contributed by atoms with Crippen molar-refractivity contribution in [3.63, 3.8) is 0 Å². The fourth-order valence-electron chi connectivity index (χ4n) is 1.30. The number of rotatable bonds is 7. The normalized spacial score (nSPS) is 10.6. The molecule has 0 saturated heterocycles. The van der Waals surface area contributed by atoms with Crippen molar-refractivity contribution in [1.29, 1.82) is 0 Å². The van der Waals surface area contributed by atoms with E-state index in [1.807, 2.05) is 19.0 Å². The maximum Gasteiger partial charge on any atom is 0.265 e. The third-order valence-corrected chi connectivity index (χ3v) is 2.20. The molecule has 1 heterocycles. The Morgan fingerprint density at radius 2 is 1.93 bits per heavy atom. The number of unbranched alkanes of at least 4 members (excludes halogenated alkanes) is 3. The maximum absolute atomic E-state index is 5.41. The summed E-state index contributed by atoms with van der Waals surface area (Å²) in [7, 11) is 3.80. The SMILES string of the molecule is CN(C)c1noc(CCCCCCN)n1. The molecule has 5 heteroatoms. The van der Waals surface area contributed by atoms with Crippen LogP contribution in [0.25, 0.3) is 0 Å². The van der Waals surface area contributed by atoms with Crippen LogP contribution >= 0.6 is 0 Å². The Bertz CT molecular complexity index is 272. The van der Waals surface area contributed by atoms with Crippen molar-refractivity contribution in [2.45, 2.75) is 32.1 Å². The van der Waals surface area contributed by atoms with E-state index in [0.717, 1.165) is 31.7 Å². The number of nitrogens with two attached hydrogens (primary N) is 1. The largest absolute Gasteiger partial charge is 0.344 e. The van der Waals surface area contributed by atoms with Gasteiger partial charge in [-0.1, -0.05) is 12.8 Å². The van der Waals surface area contributed by atoms with E-state index in [1.165, 1.54) is 12.8 Å². The van der Waals surface area contributed by atoms with Gasteiger partial charge in [-0.25, -0.2) is 0 Å². The van der Waals surface area contributed by atoms with E-state index in [2.05, 4.69) is 10.1 Å². The van der Waals surface area contributed by atoms with Gasteiger partial charge < -0.3 is 15.2 Å². The molecule has 0 aliphatic heterocycles. The lowest BCUT2D eigenvalue weighted by Gasteiger charge is -2.02. The minimum Gasteiger partial charge on any atom is -0.344 e. The van der Waals surface area contributed by atoms with Crippen molar-refractivity contribution in [1.82, 2.24) is 10.1 Å². The first-order valence-electron chi connectivity index (χ1n) is 5.44. The summed E-state index contributed by atoms with van der Waals surface area (Å²) in [6.07, 6.45) is 5.43. The van der Waals surface area contributed by atoms with Crippen LogP contribution in [0.5, 0.6) is 0 Å². The van der Waals surface area contributed by atoms with Crippen LogP contribution in [-0.2, 0) is 6.42 Å². The Labute approximate surface area is 90.6 Å². The molecule has 0 fully saturated rings. The van der Waals surface area contributed by atoms with Gasteiger partial charge >= 0.3 is 0 Å². The molecule has 0 radical (unpaired) electrons. The average molecular weight is 212 g/mol. The molecule has 0 saturated carbocycles. The highest BCUT2D eigenvalue weighted by atomic mass is 16.5. The fraction of sp³-hybridized carbons (Fsp3) is 0.800. The Hall–Kier alpha value is -1.10. The zero-order chi connectivity index (χ0) is 11.1. The standard InChI is InChI=1S/C10H20N4O/c1-14(2)10-12-9(15-13-10)7-5-3-4-6-8-11/h3-8,11H2,1-2H3. The second kappa shape index (κ2) is 6.40. The molecule has 1 rings (SSSR count). The van der Waals surface area contributed by atoms with Gasteiger partial charge in [0, 0.05) is 20.5 Å². The quantitative estimate of drug-likeness (QED) is 0.688. The number of aromatic nitrogens is 2. The van der Waals surface area contributed by atoms with Crippen LogP contribution < -0.4 is 10.6 Å². The Balaban J connectivity index is 2.20. The van der Waals surface area contributed by atoms with Crippen molar-refractivity contribution in [3.05, 3.63) is 5.89 Å². The fourth-order valence-corrected chi connectivity index (χ4v) is 1.30. The topological polar surface area (TPSA) is 68.2 Å². The monoisotopic (exact) mass is 212 g/mol. The Kier molecular flexibility index (Phi) is 5.10. The van der Waals surface area contributed by atoms with Crippen LogP contribution in [0, 0.1) is 0 Å². The molecule has 0 amide bonds. The first-order valence-corrected chi connectivity index (χ1v) is 5.44. The minimum absolute atomic E-state index is 0.645. The second-order valence-electron chi connectivity index (χ2n) is 3.84. The Morgan fingerprint density at radius 3 is 2.53 bits per heavy atom. The highest BCUT2D eigenvalue weighted by Gasteiger charge is 2.06. The third kappa shape index (κ3) is 4.29. The molecule has 5 nitrogen and oxygen atoms in total. The zero-order valence-corrected chi connectivity index (χ0v) is 9.57. The maximum atomic E-state index is 5.41. The highest BCUT2D eigenvalue weighted by Crippen LogP contribution is 2.09. The molecule has 0 spiro atoms. The molecular weight excluding hydrogens is 192 g/mol. The van der Waals surface area contributed by atoms with Crippen molar-refractivity contribution < 1.29 is 4.52 Å². The molecule has 0 unspecified atom stereocenters. The molecule has 0 aliphatic rings. The molecule has 1 aromatic heterocycles. The molecule has 0 bridgehead atoms. The molecular formula is C10H20N4O. The van der Waals surface area contributed by atoms with Crippen molar-refractivity contribution in [2.24, 2.45) is 5.73 Å². The van der Waals surface area contributed by atoms with Gasteiger partial charge in [0.15, 0.2) is 0 Å². The van der Waals surface area contributed by atoms with E-state index in [1.54, 1.807) is 0 Å². The number of nitrogens with zero attached hydrogens (tertiary/aromatic N) is 3. The van der Waals surface area contributed by atoms with Gasteiger partial charge in [-0.05, 0) is 24.5 Å². The summed E-state index contributed by atoms with van der Waals surface area (Å²) in [6.45, 7) is 0.783. The summed E-state index contributed by atoms with van der Waals surface area (Å²) in [5, 5.41) is 3.85. The van der Waals surface area contributed by atoms with Crippen LogP contribution in [0.3, 0.4) is 0 Å². The van der Waals surface area contributed by atoms with E-state index in [-0.39, 0.29) is 0 Å². The van der Waals surface area contributed by atoms with E-state index in [4.69, 9.17) is 10.3 Å². The first kappa shape index (κ1) is 12.0. The average Bonchev–Trinajstić information content (AvgIpc) is 2.66. The molecule has 0 aliphatic carbocycles. The predicted octanol–water partition coefficient (Wildman–Crippen LogP) is 1.20. The van der Waals surface area contributed by atoms with Crippen LogP contribution in [-0.4, -0.2) is 30.8 Å². The lowest BCUT2D eigenvalue weighted by atomic mass is 10.1. The summed E-state index contributed by atoms with van der Waals surface area (Å²) < 4.78 is 5.11. The zero-order valence-electron chi connectivity index (χ0n) is 9.57. The van der Waals surface area contributed by atoms with Gasteiger partial charge in [0.05, 0.1) is 0 Å².